The molecule has 0 aliphatic carbocycles. The molecule has 0 saturated carbocycles. The highest BCUT2D eigenvalue weighted by Crippen LogP contribution is 2.17. The number of fused-ring (bicyclic) bond motifs is 2. The second-order valence-corrected chi connectivity index (χ2v) is 5.52. The van der Waals surface area contributed by atoms with Gasteiger partial charge in [0.25, 0.3) is 5.91 Å². The first-order chi connectivity index (χ1) is 11.6. The van der Waals surface area contributed by atoms with Gasteiger partial charge in [-0.25, -0.2) is 9.37 Å². The molecule has 0 atom stereocenters. The average molecular weight is 323 g/mol. The molecular formula is C17H14FN5O. The minimum absolute atomic E-state index is 0.208. The van der Waals surface area contributed by atoms with Crippen LogP contribution in [0.5, 0.6) is 0 Å². The van der Waals surface area contributed by atoms with E-state index in [1.165, 1.54) is 12.1 Å². The van der Waals surface area contributed by atoms with Gasteiger partial charge in [0.15, 0.2) is 5.69 Å². The van der Waals surface area contributed by atoms with E-state index >= 15 is 0 Å². The molecule has 6 nitrogen and oxygen atoms in total. The SMILES string of the molecule is Cn1nc(C(=O)NCc2nc3ccc(F)cc3[nH]2)c2ccccc21. The van der Waals surface area contributed by atoms with Gasteiger partial charge in [-0.1, -0.05) is 18.2 Å². The van der Waals surface area contributed by atoms with Crippen molar-refractivity contribution in [3.05, 3.63) is 59.8 Å². The lowest BCUT2D eigenvalue weighted by Crippen LogP contribution is -2.24. The molecular weight excluding hydrogens is 309 g/mol. The number of nitrogens with zero attached hydrogens (tertiary/aromatic N) is 3. The topological polar surface area (TPSA) is 75.6 Å². The van der Waals surface area contributed by atoms with Gasteiger partial charge in [-0.2, -0.15) is 5.10 Å². The Bertz CT molecular complexity index is 1070. The quantitative estimate of drug-likeness (QED) is 0.608. The molecule has 2 aromatic carbocycles. The van der Waals surface area contributed by atoms with Crippen LogP contribution in [0.15, 0.2) is 42.5 Å². The van der Waals surface area contributed by atoms with Crippen LogP contribution < -0.4 is 5.32 Å². The van der Waals surface area contributed by atoms with Crippen molar-refractivity contribution in [1.82, 2.24) is 25.1 Å². The number of hydrogen-bond donors (Lipinski definition) is 2. The lowest BCUT2D eigenvalue weighted by molar-refractivity contribution is 0.0946. The third-order valence-electron chi connectivity index (χ3n) is 3.88. The Balaban J connectivity index is 1.57. The Morgan fingerprint density at radius 3 is 3.00 bits per heavy atom. The molecule has 0 saturated heterocycles. The van der Waals surface area contributed by atoms with E-state index in [1.54, 1.807) is 17.8 Å². The number of aryl methyl sites for hydroxylation is 1. The number of carbonyl (C=O) groups excluding carboxylic acids is 1. The van der Waals surface area contributed by atoms with Gasteiger partial charge in [0, 0.05) is 12.4 Å². The highest BCUT2D eigenvalue weighted by molar-refractivity contribution is 6.04. The summed E-state index contributed by atoms with van der Waals surface area (Å²) < 4.78 is 14.9. The summed E-state index contributed by atoms with van der Waals surface area (Å²) in [4.78, 5) is 19.7. The maximum atomic E-state index is 13.2. The lowest BCUT2D eigenvalue weighted by atomic mass is 10.2. The maximum Gasteiger partial charge on any atom is 0.272 e. The molecule has 24 heavy (non-hydrogen) atoms. The van der Waals surface area contributed by atoms with Crippen LogP contribution in [0.4, 0.5) is 4.39 Å². The van der Waals surface area contributed by atoms with E-state index in [9.17, 15) is 9.18 Å². The molecule has 2 aromatic heterocycles. The summed E-state index contributed by atoms with van der Waals surface area (Å²) in [7, 11) is 1.80. The summed E-state index contributed by atoms with van der Waals surface area (Å²) >= 11 is 0. The van der Waals surface area contributed by atoms with Crippen molar-refractivity contribution in [3.63, 3.8) is 0 Å². The van der Waals surface area contributed by atoms with Gasteiger partial charge in [-0.15, -0.1) is 0 Å². The molecule has 0 aliphatic rings. The number of para-hydroxylation sites is 1. The van der Waals surface area contributed by atoms with Crippen LogP contribution >= 0.6 is 0 Å². The second kappa shape index (κ2) is 5.45. The van der Waals surface area contributed by atoms with Crippen LogP contribution in [0.2, 0.25) is 0 Å². The Morgan fingerprint density at radius 1 is 1.29 bits per heavy atom. The molecule has 2 heterocycles. The number of H-pyrrole nitrogens is 1. The van der Waals surface area contributed by atoms with E-state index in [0.717, 1.165) is 10.9 Å². The molecule has 4 aromatic rings. The number of halogens is 1. The minimum Gasteiger partial charge on any atom is -0.343 e. The number of aromatic nitrogens is 4. The molecule has 2 N–H and O–H groups in total. The standard InChI is InChI=1S/C17H14FN5O/c1-23-14-5-3-2-4-11(14)16(22-23)17(24)19-9-15-20-12-7-6-10(18)8-13(12)21-15/h2-8H,9H2,1H3,(H,19,24)(H,20,21). The van der Waals surface area contributed by atoms with E-state index in [0.29, 0.717) is 22.6 Å². The predicted octanol–water partition coefficient (Wildman–Crippen LogP) is 2.52. The summed E-state index contributed by atoms with van der Waals surface area (Å²) in [5, 5.41) is 7.87. The Labute approximate surface area is 136 Å². The zero-order chi connectivity index (χ0) is 16.7. The fourth-order valence-corrected chi connectivity index (χ4v) is 2.75. The van der Waals surface area contributed by atoms with Crippen molar-refractivity contribution in [2.75, 3.05) is 0 Å². The third-order valence-corrected chi connectivity index (χ3v) is 3.88. The van der Waals surface area contributed by atoms with E-state index < -0.39 is 0 Å². The summed E-state index contributed by atoms with van der Waals surface area (Å²) in [5.74, 6) is -0.0516. The highest BCUT2D eigenvalue weighted by Gasteiger charge is 2.15. The Kier molecular flexibility index (Phi) is 3.26. The lowest BCUT2D eigenvalue weighted by Gasteiger charge is -2.00. The van der Waals surface area contributed by atoms with Gasteiger partial charge in [0.2, 0.25) is 0 Å². The zero-order valence-electron chi connectivity index (χ0n) is 12.9. The summed E-state index contributed by atoms with van der Waals surface area (Å²) in [5.41, 5.74) is 2.52. The van der Waals surface area contributed by atoms with Gasteiger partial charge in [0.1, 0.15) is 11.6 Å². The van der Waals surface area contributed by atoms with Crippen molar-refractivity contribution in [2.45, 2.75) is 6.54 Å². The largest absolute Gasteiger partial charge is 0.343 e. The number of imidazole rings is 1. The van der Waals surface area contributed by atoms with Gasteiger partial charge >= 0.3 is 0 Å². The maximum absolute atomic E-state index is 13.2. The highest BCUT2D eigenvalue weighted by atomic mass is 19.1. The number of benzene rings is 2. The van der Waals surface area contributed by atoms with E-state index in [2.05, 4.69) is 20.4 Å². The fraction of sp³-hybridized carbons (Fsp3) is 0.118. The second-order valence-electron chi connectivity index (χ2n) is 5.52. The minimum atomic E-state index is -0.332. The van der Waals surface area contributed by atoms with Crippen molar-refractivity contribution < 1.29 is 9.18 Å². The Morgan fingerprint density at radius 2 is 2.12 bits per heavy atom. The molecule has 0 unspecified atom stereocenters. The molecule has 0 fully saturated rings. The number of aromatic amines is 1. The van der Waals surface area contributed by atoms with Crippen molar-refractivity contribution >= 4 is 27.8 Å². The smallest absolute Gasteiger partial charge is 0.272 e. The molecule has 120 valence electrons. The first-order valence-corrected chi connectivity index (χ1v) is 7.46. The monoisotopic (exact) mass is 323 g/mol. The third kappa shape index (κ3) is 2.40. The summed E-state index contributed by atoms with van der Waals surface area (Å²) in [6.07, 6.45) is 0. The molecule has 0 spiro atoms. The van der Waals surface area contributed by atoms with E-state index in [-0.39, 0.29) is 18.3 Å². The van der Waals surface area contributed by atoms with Gasteiger partial charge in [-0.05, 0) is 24.3 Å². The number of amides is 1. The van der Waals surface area contributed by atoms with Crippen LogP contribution in [0.25, 0.3) is 21.9 Å². The molecule has 0 aliphatic heterocycles. The first-order valence-electron chi connectivity index (χ1n) is 7.46. The molecule has 7 heteroatoms. The number of hydrogen-bond acceptors (Lipinski definition) is 3. The van der Waals surface area contributed by atoms with Crippen LogP contribution in [-0.4, -0.2) is 25.7 Å². The average Bonchev–Trinajstić information content (AvgIpc) is 3.13. The predicted molar refractivity (Wildman–Crippen MR) is 87.9 cm³/mol. The molecule has 0 radical (unpaired) electrons. The Hall–Kier alpha value is -3.22. The van der Waals surface area contributed by atoms with Crippen LogP contribution in [0, 0.1) is 5.82 Å². The summed E-state index contributed by atoms with van der Waals surface area (Å²) in [6, 6.07) is 11.9. The van der Waals surface area contributed by atoms with Crippen LogP contribution in [0.1, 0.15) is 16.3 Å². The molecule has 1 amide bonds. The van der Waals surface area contributed by atoms with Crippen molar-refractivity contribution in [3.8, 4) is 0 Å². The van der Waals surface area contributed by atoms with Gasteiger partial charge < -0.3 is 10.3 Å². The van der Waals surface area contributed by atoms with Crippen molar-refractivity contribution in [2.24, 2.45) is 7.05 Å². The first kappa shape index (κ1) is 14.4. The number of carbonyl (C=O) groups is 1. The normalized spacial score (nSPS) is 11.2. The van der Waals surface area contributed by atoms with E-state index in [1.807, 2.05) is 24.3 Å². The van der Waals surface area contributed by atoms with Crippen LogP contribution in [0.3, 0.4) is 0 Å². The van der Waals surface area contributed by atoms with Gasteiger partial charge in [-0.3, -0.25) is 9.48 Å². The number of rotatable bonds is 3. The van der Waals surface area contributed by atoms with Crippen LogP contribution in [-0.2, 0) is 13.6 Å². The summed E-state index contributed by atoms with van der Waals surface area (Å²) in [6.45, 7) is 0.208. The van der Waals surface area contributed by atoms with Crippen molar-refractivity contribution in [1.29, 1.82) is 0 Å². The van der Waals surface area contributed by atoms with E-state index in [4.69, 9.17) is 0 Å². The van der Waals surface area contributed by atoms with Gasteiger partial charge in [0.05, 0.1) is 23.1 Å². The number of nitrogens with one attached hydrogen (secondary N) is 2. The fourth-order valence-electron chi connectivity index (χ4n) is 2.75. The molecule has 0 bridgehead atoms. The zero-order valence-corrected chi connectivity index (χ0v) is 12.9. The molecule has 4 rings (SSSR count).